The van der Waals surface area contributed by atoms with E-state index in [4.69, 9.17) is 10.6 Å². The average molecular weight is 309 g/mol. The summed E-state index contributed by atoms with van der Waals surface area (Å²) < 4.78 is 42.5. The zero-order valence-electron chi connectivity index (χ0n) is 12.4. The van der Waals surface area contributed by atoms with Gasteiger partial charge in [-0.2, -0.15) is 13.2 Å². The van der Waals surface area contributed by atoms with Crippen LogP contribution < -0.4 is 11.3 Å². The van der Waals surface area contributed by atoms with Gasteiger partial charge >= 0.3 is 6.18 Å². The summed E-state index contributed by atoms with van der Waals surface area (Å²) in [7, 11) is 0. The lowest BCUT2D eigenvalue weighted by Crippen LogP contribution is -2.63. The standard InChI is InChI=1S/C14H26F3N3O/c15-14(16,17)7-3-4-12(19-18)13(5-1-2-6-13)20-8-10-21-11-9-20/h12,19H,1-11,18H2. The Labute approximate surface area is 124 Å². The fraction of sp³-hybridized carbons (Fsp3) is 1.00. The molecule has 1 heterocycles. The minimum atomic E-state index is -4.08. The molecule has 1 aliphatic carbocycles. The van der Waals surface area contributed by atoms with Crippen molar-refractivity contribution in [2.24, 2.45) is 5.84 Å². The van der Waals surface area contributed by atoms with Gasteiger partial charge in [0.25, 0.3) is 0 Å². The number of ether oxygens (including phenoxy) is 1. The maximum absolute atomic E-state index is 12.4. The number of nitrogens with two attached hydrogens (primary N) is 1. The van der Waals surface area contributed by atoms with Crippen LogP contribution in [-0.2, 0) is 4.74 Å². The second kappa shape index (κ2) is 7.26. The molecule has 2 rings (SSSR count). The Kier molecular flexibility index (Phi) is 5.88. The number of morpholine rings is 1. The fourth-order valence-corrected chi connectivity index (χ4v) is 3.89. The van der Waals surface area contributed by atoms with E-state index < -0.39 is 12.6 Å². The van der Waals surface area contributed by atoms with Gasteiger partial charge in [-0.25, -0.2) is 0 Å². The van der Waals surface area contributed by atoms with Gasteiger partial charge < -0.3 is 4.74 Å². The van der Waals surface area contributed by atoms with Gasteiger partial charge in [-0.3, -0.25) is 16.2 Å². The molecule has 21 heavy (non-hydrogen) atoms. The molecule has 4 nitrogen and oxygen atoms in total. The highest BCUT2D eigenvalue weighted by Crippen LogP contribution is 2.40. The Morgan fingerprint density at radius 2 is 1.81 bits per heavy atom. The first-order valence-corrected chi connectivity index (χ1v) is 7.84. The van der Waals surface area contributed by atoms with E-state index in [1.165, 1.54) is 0 Å². The highest BCUT2D eigenvalue weighted by molar-refractivity contribution is 5.03. The number of hydrogen-bond acceptors (Lipinski definition) is 4. The van der Waals surface area contributed by atoms with E-state index in [-0.39, 0.29) is 18.0 Å². The third kappa shape index (κ3) is 4.31. The topological polar surface area (TPSA) is 50.5 Å². The molecule has 0 amide bonds. The summed E-state index contributed by atoms with van der Waals surface area (Å²) in [5, 5.41) is 0. The molecule has 7 heteroatoms. The largest absolute Gasteiger partial charge is 0.389 e. The Bertz CT molecular complexity index is 313. The lowest BCUT2D eigenvalue weighted by molar-refractivity contribution is -0.136. The SMILES string of the molecule is NNC(CCCC(F)(F)F)C1(N2CCOCC2)CCCC1. The normalized spacial score (nSPS) is 25.1. The van der Waals surface area contributed by atoms with E-state index in [9.17, 15) is 13.2 Å². The molecule has 0 bridgehead atoms. The van der Waals surface area contributed by atoms with Gasteiger partial charge in [-0.1, -0.05) is 12.8 Å². The Hall–Kier alpha value is -0.370. The van der Waals surface area contributed by atoms with Crippen molar-refractivity contribution in [3.05, 3.63) is 0 Å². The zero-order valence-corrected chi connectivity index (χ0v) is 12.4. The molecule has 0 spiro atoms. The summed E-state index contributed by atoms with van der Waals surface area (Å²) in [4.78, 5) is 2.39. The predicted molar refractivity (Wildman–Crippen MR) is 74.6 cm³/mol. The quantitative estimate of drug-likeness (QED) is 0.583. The lowest BCUT2D eigenvalue weighted by atomic mass is 9.83. The van der Waals surface area contributed by atoms with Crippen molar-refractivity contribution in [2.75, 3.05) is 26.3 Å². The van der Waals surface area contributed by atoms with Crippen molar-refractivity contribution >= 4 is 0 Å². The molecule has 2 fully saturated rings. The van der Waals surface area contributed by atoms with Crippen LogP contribution in [0.5, 0.6) is 0 Å². The van der Waals surface area contributed by atoms with Gasteiger partial charge in [0.1, 0.15) is 0 Å². The van der Waals surface area contributed by atoms with Gasteiger partial charge in [0.2, 0.25) is 0 Å². The van der Waals surface area contributed by atoms with Gasteiger partial charge in [-0.05, 0) is 25.7 Å². The Morgan fingerprint density at radius 1 is 1.19 bits per heavy atom. The molecule has 1 atom stereocenters. The molecular formula is C14H26F3N3O. The molecular weight excluding hydrogens is 283 g/mol. The first-order chi connectivity index (χ1) is 9.98. The second-order valence-corrected chi connectivity index (χ2v) is 6.14. The molecule has 2 aliphatic rings. The highest BCUT2D eigenvalue weighted by atomic mass is 19.4. The number of hydrazine groups is 1. The van der Waals surface area contributed by atoms with Crippen LogP contribution in [0.4, 0.5) is 13.2 Å². The third-order valence-electron chi connectivity index (χ3n) is 4.91. The smallest absolute Gasteiger partial charge is 0.379 e. The number of nitrogens with one attached hydrogen (secondary N) is 1. The van der Waals surface area contributed by atoms with Crippen molar-refractivity contribution in [1.29, 1.82) is 0 Å². The van der Waals surface area contributed by atoms with Crippen LogP contribution in [0, 0.1) is 0 Å². The van der Waals surface area contributed by atoms with Crippen LogP contribution in [0.15, 0.2) is 0 Å². The number of nitrogens with zero attached hydrogens (tertiary/aromatic N) is 1. The van der Waals surface area contributed by atoms with E-state index in [2.05, 4.69) is 10.3 Å². The van der Waals surface area contributed by atoms with E-state index in [0.717, 1.165) is 38.8 Å². The molecule has 1 unspecified atom stereocenters. The van der Waals surface area contributed by atoms with Crippen molar-refractivity contribution in [3.63, 3.8) is 0 Å². The summed E-state index contributed by atoms with van der Waals surface area (Å²) in [5.41, 5.74) is 2.73. The van der Waals surface area contributed by atoms with Crippen molar-refractivity contribution in [3.8, 4) is 0 Å². The molecule has 1 saturated heterocycles. The molecule has 124 valence electrons. The van der Waals surface area contributed by atoms with Gasteiger partial charge in [-0.15, -0.1) is 0 Å². The highest BCUT2D eigenvalue weighted by Gasteiger charge is 2.45. The Morgan fingerprint density at radius 3 is 2.33 bits per heavy atom. The zero-order chi connectivity index (χ0) is 15.3. The Balaban J connectivity index is 2.00. The van der Waals surface area contributed by atoms with Gasteiger partial charge in [0, 0.05) is 31.1 Å². The van der Waals surface area contributed by atoms with Crippen LogP contribution >= 0.6 is 0 Å². The first-order valence-electron chi connectivity index (χ1n) is 7.84. The number of hydrogen-bond donors (Lipinski definition) is 2. The van der Waals surface area contributed by atoms with Crippen LogP contribution in [0.1, 0.15) is 44.9 Å². The van der Waals surface area contributed by atoms with Crippen LogP contribution in [0.25, 0.3) is 0 Å². The number of alkyl halides is 3. The van der Waals surface area contributed by atoms with Crippen molar-refractivity contribution in [1.82, 2.24) is 10.3 Å². The number of rotatable bonds is 6. The first kappa shape index (κ1) is 17.0. The van der Waals surface area contributed by atoms with Crippen LogP contribution in [-0.4, -0.2) is 49.0 Å². The molecule has 0 aromatic carbocycles. The maximum Gasteiger partial charge on any atom is 0.389 e. The second-order valence-electron chi connectivity index (χ2n) is 6.14. The summed E-state index contributed by atoms with van der Waals surface area (Å²) in [5.74, 6) is 5.71. The van der Waals surface area contributed by atoms with Crippen LogP contribution in [0.2, 0.25) is 0 Å². The van der Waals surface area contributed by atoms with Gasteiger partial charge in [0.05, 0.1) is 13.2 Å². The van der Waals surface area contributed by atoms with Crippen molar-refractivity contribution in [2.45, 2.75) is 62.7 Å². The molecule has 1 aliphatic heterocycles. The van der Waals surface area contributed by atoms with Crippen molar-refractivity contribution < 1.29 is 17.9 Å². The lowest BCUT2D eigenvalue weighted by Gasteiger charge is -2.48. The minimum Gasteiger partial charge on any atom is -0.379 e. The molecule has 1 saturated carbocycles. The minimum absolute atomic E-state index is 0.0829. The predicted octanol–water partition coefficient (Wildman–Crippen LogP) is 2.20. The molecule has 0 radical (unpaired) electrons. The summed E-state index contributed by atoms with van der Waals surface area (Å²) in [6, 6.07) is -0.0829. The molecule has 0 aromatic heterocycles. The van der Waals surface area contributed by atoms with E-state index >= 15 is 0 Å². The fourth-order valence-electron chi connectivity index (χ4n) is 3.89. The summed E-state index contributed by atoms with van der Waals surface area (Å²) in [6.07, 6.45) is 0.0362. The van der Waals surface area contributed by atoms with E-state index in [1.807, 2.05) is 0 Å². The summed E-state index contributed by atoms with van der Waals surface area (Å²) in [6.45, 7) is 3.08. The molecule has 3 N–H and O–H groups in total. The monoisotopic (exact) mass is 309 g/mol. The van der Waals surface area contributed by atoms with Gasteiger partial charge in [0.15, 0.2) is 0 Å². The van der Waals surface area contributed by atoms with Crippen LogP contribution in [0.3, 0.4) is 0 Å². The number of halogens is 3. The van der Waals surface area contributed by atoms with E-state index in [0.29, 0.717) is 19.6 Å². The third-order valence-corrected chi connectivity index (χ3v) is 4.91. The maximum atomic E-state index is 12.4. The molecule has 0 aromatic rings. The average Bonchev–Trinajstić information content (AvgIpc) is 2.94. The van der Waals surface area contributed by atoms with E-state index in [1.54, 1.807) is 0 Å². The summed E-state index contributed by atoms with van der Waals surface area (Å²) >= 11 is 0.